The highest BCUT2D eigenvalue weighted by Gasteiger charge is 2.14. The van der Waals surface area contributed by atoms with Gasteiger partial charge in [0.15, 0.2) is 5.78 Å². The molecule has 1 aliphatic carbocycles. The first-order valence-electron chi connectivity index (χ1n) is 11.4. The summed E-state index contributed by atoms with van der Waals surface area (Å²) >= 11 is 3.45. The van der Waals surface area contributed by atoms with Gasteiger partial charge in [0.25, 0.3) is 0 Å². The normalized spacial score (nSPS) is 14.8. The molecule has 0 aliphatic heterocycles. The lowest BCUT2D eigenvalue weighted by molar-refractivity contribution is 0.104. The maximum absolute atomic E-state index is 12.5. The van der Waals surface area contributed by atoms with Gasteiger partial charge in [0, 0.05) is 10.9 Å². The second-order valence-corrected chi connectivity index (χ2v) is 8.97. The van der Waals surface area contributed by atoms with Crippen molar-refractivity contribution in [3.63, 3.8) is 0 Å². The molecule has 0 saturated heterocycles. The molecule has 0 N–H and O–H groups in total. The summed E-state index contributed by atoms with van der Waals surface area (Å²) in [6.45, 7) is 0.729. The van der Waals surface area contributed by atoms with Crippen LogP contribution in [-0.2, 0) is 0 Å². The van der Waals surface area contributed by atoms with E-state index in [1.54, 1.807) is 6.08 Å². The van der Waals surface area contributed by atoms with E-state index in [9.17, 15) is 4.79 Å². The van der Waals surface area contributed by atoms with Gasteiger partial charge in [0.2, 0.25) is 0 Å². The Kier molecular flexibility index (Phi) is 9.69. The van der Waals surface area contributed by atoms with Gasteiger partial charge in [-0.2, -0.15) is 0 Å². The summed E-state index contributed by atoms with van der Waals surface area (Å²) in [5, 5.41) is 1.07. The van der Waals surface area contributed by atoms with Gasteiger partial charge in [-0.1, -0.05) is 78.4 Å². The summed E-state index contributed by atoms with van der Waals surface area (Å²) in [6.07, 6.45) is 15.0. The first kappa shape index (κ1) is 22.8. The van der Waals surface area contributed by atoms with Crippen molar-refractivity contribution in [1.82, 2.24) is 0 Å². The topological polar surface area (TPSA) is 26.3 Å². The monoisotopic (exact) mass is 468 g/mol. The van der Waals surface area contributed by atoms with Crippen molar-refractivity contribution >= 4 is 27.8 Å². The maximum atomic E-state index is 12.5. The van der Waals surface area contributed by atoms with Crippen LogP contribution in [0.3, 0.4) is 0 Å². The number of alkyl halides is 1. The van der Waals surface area contributed by atoms with Crippen LogP contribution in [0, 0.1) is 0 Å². The van der Waals surface area contributed by atoms with E-state index in [4.69, 9.17) is 4.74 Å². The molecule has 3 rings (SSSR count). The van der Waals surface area contributed by atoms with Crippen molar-refractivity contribution in [1.29, 1.82) is 0 Å². The average molecular weight is 469 g/mol. The SMILES string of the molecule is O=C(C=Cc1ccc(C2CCCCC2)cc1)c1ccc(OCCCCCCBr)cc1. The standard InChI is InChI=1S/C27H33BrO2/c28-20-6-1-2-7-21-30-26-17-15-25(16-18-26)27(29)19-12-22-10-13-24(14-11-22)23-8-4-3-5-9-23/h10-19,23H,1-9,20-21H2. The van der Waals surface area contributed by atoms with Crippen LogP contribution in [-0.4, -0.2) is 17.7 Å². The molecule has 0 radical (unpaired) electrons. The Labute approximate surface area is 189 Å². The number of halogens is 1. The van der Waals surface area contributed by atoms with Crippen LogP contribution in [0.25, 0.3) is 6.08 Å². The quantitative estimate of drug-likeness (QED) is 0.144. The number of rotatable bonds is 11. The number of carbonyl (C=O) groups excluding carboxylic acids is 1. The summed E-state index contributed by atoms with van der Waals surface area (Å²) < 4.78 is 5.77. The van der Waals surface area contributed by atoms with Gasteiger partial charge < -0.3 is 4.74 Å². The van der Waals surface area contributed by atoms with Crippen LogP contribution >= 0.6 is 15.9 Å². The van der Waals surface area contributed by atoms with E-state index in [1.807, 2.05) is 30.3 Å². The molecule has 0 heterocycles. The molecule has 3 heteroatoms. The van der Waals surface area contributed by atoms with E-state index in [-0.39, 0.29) is 5.78 Å². The summed E-state index contributed by atoms with van der Waals surface area (Å²) in [7, 11) is 0. The van der Waals surface area contributed by atoms with Crippen LogP contribution in [0.15, 0.2) is 54.6 Å². The summed E-state index contributed by atoms with van der Waals surface area (Å²) in [5.41, 5.74) is 3.20. The van der Waals surface area contributed by atoms with Gasteiger partial charge >= 0.3 is 0 Å². The first-order chi connectivity index (χ1) is 14.8. The number of unbranched alkanes of at least 4 members (excludes halogenated alkanes) is 3. The third-order valence-corrected chi connectivity index (χ3v) is 6.44. The second kappa shape index (κ2) is 12.7. The molecule has 2 nitrogen and oxygen atoms in total. The Morgan fingerprint density at radius 3 is 2.30 bits per heavy atom. The van der Waals surface area contributed by atoms with Crippen molar-refractivity contribution in [2.75, 3.05) is 11.9 Å². The maximum Gasteiger partial charge on any atom is 0.185 e. The molecule has 1 fully saturated rings. The number of ketones is 1. The van der Waals surface area contributed by atoms with Crippen LogP contribution in [0.5, 0.6) is 5.75 Å². The minimum Gasteiger partial charge on any atom is -0.494 e. The smallest absolute Gasteiger partial charge is 0.185 e. The molecule has 30 heavy (non-hydrogen) atoms. The first-order valence-corrected chi connectivity index (χ1v) is 12.5. The molecule has 0 atom stereocenters. The minimum absolute atomic E-state index is 0.0210. The Morgan fingerprint density at radius 1 is 0.900 bits per heavy atom. The fourth-order valence-corrected chi connectivity index (χ4v) is 4.44. The number of hydrogen-bond acceptors (Lipinski definition) is 2. The molecular formula is C27H33BrO2. The highest BCUT2D eigenvalue weighted by atomic mass is 79.9. The molecule has 0 amide bonds. The van der Waals surface area contributed by atoms with Crippen LogP contribution in [0.2, 0.25) is 0 Å². The van der Waals surface area contributed by atoms with Crippen molar-refractivity contribution in [3.05, 3.63) is 71.3 Å². The van der Waals surface area contributed by atoms with E-state index in [0.717, 1.165) is 29.7 Å². The van der Waals surface area contributed by atoms with Crippen molar-refractivity contribution in [3.8, 4) is 5.75 Å². The van der Waals surface area contributed by atoms with Crippen LogP contribution in [0.1, 0.15) is 85.2 Å². The zero-order valence-corrected chi connectivity index (χ0v) is 19.4. The molecule has 1 aliphatic rings. The number of ether oxygens (including phenoxy) is 1. The highest BCUT2D eigenvalue weighted by Crippen LogP contribution is 2.32. The minimum atomic E-state index is 0.0210. The van der Waals surface area contributed by atoms with Gasteiger partial charge in [-0.05, 0) is 73.1 Å². The van der Waals surface area contributed by atoms with Gasteiger partial charge in [-0.3, -0.25) is 4.79 Å². The zero-order chi connectivity index (χ0) is 21.0. The summed E-state index contributed by atoms with van der Waals surface area (Å²) in [5.74, 6) is 1.57. The summed E-state index contributed by atoms with van der Waals surface area (Å²) in [6, 6.07) is 16.2. The predicted octanol–water partition coefficient (Wildman–Crippen LogP) is 7.96. The number of allylic oxidation sites excluding steroid dienone is 1. The van der Waals surface area contributed by atoms with Crippen molar-refractivity contribution in [2.24, 2.45) is 0 Å². The number of benzene rings is 2. The molecule has 0 unspecified atom stereocenters. The van der Waals surface area contributed by atoms with E-state index in [2.05, 4.69) is 40.2 Å². The fraction of sp³-hybridized carbons (Fsp3) is 0.444. The largest absolute Gasteiger partial charge is 0.494 e. The second-order valence-electron chi connectivity index (χ2n) is 8.18. The number of carbonyl (C=O) groups is 1. The van der Waals surface area contributed by atoms with Gasteiger partial charge in [-0.25, -0.2) is 0 Å². The average Bonchev–Trinajstić information content (AvgIpc) is 2.81. The Hall–Kier alpha value is -1.87. The van der Waals surface area contributed by atoms with Gasteiger partial charge in [0.05, 0.1) is 6.61 Å². The molecular weight excluding hydrogens is 436 g/mol. The highest BCUT2D eigenvalue weighted by molar-refractivity contribution is 9.09. The fourth-order valence-electron chi connectivity index (χ4n) is 4.04. The third-order valence-electron chi connectivity index (χ3n) is 5.88. The molecule has 2 aromatic rings. The summed E-state index contributed by atoms with van der Waals surface area (Å²) in [4.78, 5) is 12.5. The van der Waals surface area contributed by atoms with Crippen molar-refractivity contribution in [2.45, 2.75) is 63.7 Å². The van der Waals surface area contributed by atoms with Crippen LogP contribution < -0.4 is 4.74 Å². The number of hydrogen-bond donors (Lipinski definition) is 0. The van der Waals surface area contributed by atoms with Gasteiger partial charge in [0.1, 0.15) is 5.75 Å². The molecule has 0 spiro atoms. The molecule has 0 bridgehead atoms. The van der Waals surface area contributed by atoms with E-state index < -0.39 is 0 Å². The molecule has 0 aromatic heterocycles. The Balaban J connectivity index is 1.46. The molecule has 2 aromatic carbocycles. The Morgan fingerprint density at radius 2 is 1.60 bits per heavy atom. The van der Waals surface area contributed by atoms with E-state index in [0.29, 0.717) is 11.5 Å². The zero-order valence-electron chi connectivity index (χ0n) is 17.8. The molecule has 1 saturated carbocycles. The van der Waals surface area contributed by atoms with Gasteiger partial charge in [-0.15, -0.1) is 0 Å². The molecule has 160 valence electrons. The van der Waals surface area contributed by atoms with Crippen molar-refractivity contribution < 1.29 is 9.53 Å². The van der Waals surface area contributed by atoms with E-state index in [1.165, 1.54) is 56.9 Å². The Bertz CT molecular complexity index is 787. The lowest BCUT2D eigenvalue weighted by Crippen LogP contribution is -2.04. The lowest BCUT2D eigenvalue weighted by Gasteiger charge is -2.21. The lowest BCUT2D eigenvalue weighted by atomic mass is 9.84. The third kappa shape index (κ3) is 7.43. The van der Waals surface area contributed by atoms with Crippen LogP contribution in [0.4, 0.5) is 0 Å². The van der Waals surface area contributed by atoms with E-state index >= 15 is 0 Å². The predicted molar refractivity (Wildman–Crippen MR) is 130 cm³/mol.